The number of ether oxygens (including phenoxy) is 1. The first-order chi connectivity index (χ1) is 13.9. The van der Waals surface area contributed by atoms with E-state index in [1.54, 1.807) is 0 Å². The molecule has 0 fully saturated rings. The van der Waals surface area contributed by atoms with Crippen molar-refractivity contribution in [2.75, 3.05) is 6.61 Å². The van der Waals surface area contributed by atoms with Crippen LogP contribution in [0.2, 0.25) is 0 Å². The third-order valence-corrected chi connectivity index (χ3v) is 4.23. The van der Waals surface area contributed by atoms with E-state index in [0.29, 0.717) is 6.61 Å². The maximum atomic E-state index is 12.8. The number of carbonyl (C=O) groups is 1. The van der Waals surface area contributed by atoms with Gasteiger partial charge in [-0.1, -0.05) is 42.5 Å². The van der Waals surface area contributed by atoms with Gasteiger partial charge in [-0.15, -0.1) is 0 Å². The number of rotatable bonds is 6. The number of benzene rings is 3. The fourth-order valence-corrected chi connectivity index (χ4v) is 2.95. The lowest BCUT2D eigenvalue weighted by Crippen LogP contribution is -2.20. The van der Waals surface area contributed by atoms with Gasteiger partial charge in [-0.3, -0.25) is 4.79 Å². The molecule has 0 spiro atoms. The molecule has 1 N–H and O–H groups in total. The summed E-state index contributed by atoms with van der Waals surface area (Å²) in [5, 5.41) is 5.78. The molecule has 3 aromatic rings. The van der Waals surface area contributed by atoms with Crippen LogP contribution in [0.1, 0.15) is 23.6 Å². The molecule has 0 radical (unpaired) electrons. The van der Waals surface area contributed by atoms with Gasteiger partial charge >= 0.3 is 6.18 Å². The topological polar surface area (TPSA) is 50.7 Å². The highest BCUT2D eigenvalue weighted by Crippen LogP contribution is 2.30. The Morgan fingerprint density at radius 1 is 1.07 bits per heavy atom. The quantitative estimate of drug-likeness (QED) is 0.470. The van der Waals surface area contributed by atoms with Gasteiger partial charge in [0.1, 0.15) is 5.75 Å². The Kier molecular flexibility index (Phi) is 6.16. The Bertz CT molecular complexity index is 1050. The van der Waals surface area contributed by atoms with E-state index in [4.69, 9.17) is 4.74 Å². The van der Waals surface area contributed by atoms with Crippen LogP contribution in [0.25, 0.3) is 10.8 Å². The van der Waals surface area contributed by atoms with Crippen molar-refractivity contribution in [3.8, 4) is 5.75 Å². The zero-order chi connectivity index (χ0) is 20.9. The summed E-state index contributed by atoms with van der Waals surface area (Å²) >= 11 is 0. The second-order valence-corrected chi connectivity index (χ2v) is 6.30. The average Bonchev–Trinajstić information content (AvgIpc) is 2.69. The number of nitrogens with one attached hydrogen (secondary N) is 1. The molecule has 0 heterocycles. The Labute approximate surface area is 166 Å². The van der Waals surface area contributed by atoms with E-state index >= 15 is 0 Å². The molecule has 0 bridgehead atoms. The Morgan fingerprint density at radius 2 is 1.83 bits per heavy atom. The van der Waals surface area contributed by atoms with Crippen molar-refractivity contribution in [3.05, 3.63) is 77.4 Å². The maximum absolute atomic E-state index is 12.8. The summed E-state index contributed by atoms with van der Waals surface area (Å²) in [7, 11) is 0. The summed E-state index contributed by atoms with van der Waals surface area (Å²) in [4.78, 5) is 12.0. The fourth-order valence-electron chi connectivity index (χ4n) is 2.95. The molecule has 0 aromatic heterocycles. The molecule has 1 amide bonds. The van der Waals surface area contributed by atoms with Crippen molar-refractivity contribution < 1.29 is 22.7 Å². The highest BCUT2D eigenvalue weighted by atomic mass is 19.4. The zero-order valence-electron chi connectivity index (χ0n) is 15.7. The van der Waals surface area contributed by atoms with E-state index in [9.17, 15) is 18.0 Å². The molecular weight excluding hydrogens is 381 g/mol. The van der Waals surface area contributed by atoms with Gasteiger partial charge in [0.15, 0.2) is 0 Å². The summed E-state index contributed by atoms with van der Waals surface area (Å²) in [6.45, 7) is 2.45. The molecule has 0 unspecified atom stereocenters. The van der Waals surface area contributed by atoms with Crippen LogP contribution in [0, 0.1) is 0 Å². The largest absolute Gasteiger partial charge is 0.493 e. The van der Waals surface area contributed by atoms with Gasteiger partial charge in [0.25, 0.3) is 0 Å². The minimum atomic E-state index is -4.45. The molecular formula is C22H19F3N2O2. The molecule has 0 saturated heterocycles. The summed E-state index contributed by atoms with van der Waals surface area (Å²) in [6.07, 6.45) is -3.15. The molecule has 3 aromatic carbocycles. The van der Waals surface area contributed by atoms with Crippen molar-refractivity contribution in [2.24, 2.45) is 5.10 Å². The summed E-state index contributed by atoms with van der Waals surface area (Å²) < 4.78 is 43.9. The van der Waals surface area contributed by atoms with E-state index in [1.165, 1.54) is 18.3 Å². The van der Waals surface area contributed by atoms with Gasteiger partial charge in [-0.05, 0) is 36.1 Å². The van der Waals surface area contributed by atoms with Crippen LogP contribution in [0.3, 0.4) is 0 Å². The lowest BCUT2D eigenvalue weighted by atomic mass is 10.0. The van der Waals surface area contributed by atoms with Crippen LogP contribution in [-0.4, -0.2) is 18.7 Å². The summed E-state index contributed by atoms with van der Waals surface area (Å²) in [6, 6.07) is 16.0. The number of carbonyl (C=O) groups excluding carboxylic acids is 1. The van der Waals surface area contributed by atoms with E-state index in [0.717, 1.165) is 34.2 Å². The van der Waals surface area contributed by atoms with Crippen LogP contribution in [0.4, 0.5) is 13.2 Å². The van der Waals surface area contributed by atoms with Gasteiger partial charge < -0.3 is 4.74 Å². The van der Waals surface area contributed by atoms with Gasteiger partial charge in [-0.25, -0.2) is 5.43 Å². The van der Waals surface area contributed by atoms with Crippen LogP contribution in [0.5, 0.6) is 5.75 Å². The first-order valence-electron chi connectivity index (χ1n) is 9.01. The smallest absolute Gasteiger partial charge is 0.416 e. The normalized spacial score (nSPS) is 11.7. The van der Waals surface area contributed by atoms with Crippen molar-refractivity contribution in [2.45, 2.75) is 19.5 Å². The van der Waals surface area contributed by atoms with Gasteiger partial charge in [-0.2, -0.15) is 18.3 Å². The number of halogens is 3. The molecule has 29 heavy (non-hydrogen) atoms. The number of hydrazone groups is 1. The van der Waals surface area contributed by atoms with Gasteiger partial charge in [0, 0.05) is 10.9 Å². The van der Waals surface area contributed by atoms with Crippen molar-refractivity contribution in [3.63, 3.8) is 0 Å². The fraction of sp³-hybridized carbons (Fsp3) is 0.182. The highest BCUT2D eigenvalue weighted by Gasteiger charge is 2.30. The van der Waals surface area contributed by atoms with Crippen LogP contribution >= 0.6 is 0 Å². The van der Waals surface area contributed by atoms with Gasteiger partial charge in [0.2, 0.25) is 5.91 Å². The van der Waals surface area contributed by atoms with Crippen molar-refractivity contribution >= 4 is 22.9 Å². The molecule has 0 atom stereocenters. The van der Waals surface area contributed by atoms with E-state index < -0.39 is 17.6 Å². The van der Waals surface area contributed by atoms with Gasteiger partial charge in [0.05, 0.1) is 24.8 Å². The number of fused-ring (bicyclic) bond motifs is 1. The minimum absolute atomic E-state index is 0.203. The lowest BCUT2D eigenvalue weighted by molar-refractivity contribution is -0.137. The standard InChI is InChI=1S/C22H19F3N2O2/c1-2-29-20-11-10-16(18-8-3-4-9-19(18)20)14-26-27-21(28)13-15-6-5-7-17(12-15)22(23,24)25/h3-12,14H,2,13H2,1H3,(H,27,28)/b26-14-. The second-order valence-electron chi connectivity index (χ2n) is 6.30. The SMILES string of the molecule is CCOc1ccc(/C=N\NC(=O)Cc2cccc(C(F)(F)F)c2)c2ccccc12. The predicted molar refractivity (Wildman–Crippen MR) is 106 cm³/mol. The third kappa shape index (κ3) is 5.13. The Balaban J connectivity index is 1.70. The molecule has 0 saturated carbocycles. The summed E-state index contributed by atoms with van der Waals surface area (Å²) in [5.74, 6) is 0.254. The molecule has 150 valence electrons. The van der Waals surface area contributed by atoms with Crippen LogP contribution in [0.15, 0.2) is 65.8 Å². The van der Waals surface area contributed by atoms with Crippen molar-refractivity contribution in [1.82, 2.24) is 5.43 Å². The molecule has 0 aliphatic carbocycles. The average molecular weight is 400 g/mol. The van der Waals surface area contributed by atoms with E-state index in [1.807, 2.05) is 43.3 Å². The second kappa shape index (κ2) is 8.77. The number of hydrogen-bond acceptors (Lipinski definition) is 3. The monoisotopic (exact) mass is 400 g/mol. The minimum Gasteiger partial charge on any atom is -0.493 e. The number of alkyl halides is 3. The number of hydrogen-bond donors (Lipinski definition) is 1. The first-order valence-corrected chi connectivity index (χ1v) is 9.01. The van der Waals surface area contributed by atoms with E-state index in [-0.39, 0.29) is 12.0 Å². The van der Waals surface area contributed by atoms with E-state index in [2.05, 4.69) is 10.5 Å². The summed E-state index contributed by atoms with van der Waals surface area (Å²) in [5.41, 5.74) is 2.62. The third-order valence-electron chi connectivity index (χ3n) is 4.23. The number of amides is 1. The Hall–Kier alpha value is -3.35. The van der Waals surface area contributed by atoms with Crippen molar-refractivity contribution in [1.29, 1.82) is 0 Å². The van der Waals surface area contributed by atoms with Crippen LogP contribution < -0.4 is 10.2 Å². The molecule has 0 aliphatic heterocycles. The lowest BCUT2D eigenvalue weighted by Gasteiger charge is -2.09. The molecule has 7 heteroatoms. The first kappa shape index (κ1) is 20.4. The molecule has 4 nitrogen and oxygen atoms in total. The number of nitrogens with zero attached hydrogens (tertiary/aromatic N) is 1. The van der Waals surface area contributed by atoms with Crippen LogP contribution in [-0.2, 0) is 17.4 Å². The predicted octanol–water partition coefficient (Wildman–Crippen LogP) is 4.95. The maximum Gasteiger partial charge on any atom is 0.416 e. The highest BCUT2D eigenvalue weighted by molar-refractivity contribution is 6.02. The zero-order valence-corrected chi connectivity index (χ0v) is 15.7. The molecule has 3 rings (SSSR count). The molecule has 0 aliphatic rings. The Morgan fingerprint density at radius 3 is 2.55 bits per heavy atom.